The summed E-state index contributed by atoms with van der Waals surface area (Å²) >= 11 is 0. The third-order valence-corrected chi connectivity index (χ3v) is 12.6. The van der Waals surface area contributed by atoms with Gasteiger partial charge in [0.05, 0.1) is 25.0 Å². The lowest BCUT2D eigenvalue weighted by molar-refractivity contribution is -0.150. The molecule has 0 aromatic rings. The van der Waals surface area contributed by atoms with Gasteiger partial charge in [0.25, 0.3) is 0 Å². The molecule has 56 heavy (non-hydrogen) atoms. The van der Waals surface area contributed by atoms with Crippen molar-refractivity contribution < 1.29 is 23.8 Å². The number of carbonyl (C=O) groups excluding carboxylic acids is 2. The second kappa shape index (κ2) is 39.3. The molecule has 0 spiro atoms. The smallest absolute Gasteiger partial charge is 0.308 e. The van der Waals surface area contributed by atoms with Crippen LogP contribution in [-0.4, -0.2) is 63.4 Å². The van der Waals surface area contributed by atoms with Gasteiger partial charge in [-0.15, -0.1) is 0 Å². The molecule has 0 aliphatic carbocycles. The highest BCUT2D eigenvalue weighted by Crippen LogP contribution is 2.30. The Bertz CT molecular complexity index is 804. The molecular weight excluding hydrogens is 695 g/mol. The Hall–Kier alpha value is -1.14. The number of unbranched alkanes of at least 4 members (excludes halogenated alkanes) is 19. The summed E-state index contributed by atoms with van der Waals surface area (Å²) in [4.78, 5) is 29.1. The Morgan fingerprint density at radius 1 is 0.464 bits per heavy atom. The maximum absolute atomic E-state index is 13.2. The monoisotopic (exact) mass is 792 g/mol. The van der Waals surface area contributed by atoms with Gasteiger partial charge in [0.15, 0.2) is 0 Å². The number of esters is 2. The van der Waals surface area contributed by atoms with Gasteiger partial charge < -0.3 is 19.1 Å². The van der Waals surface area contributed by atoms with E-state index in [1.807, 2.05) is 0 Å². The van der Waals surface area contributed by atoms with Crippen molar-refractivity contribution in [2.45, 2.75) is 240 Å². The molecule has 0 N–H and O–H groups in total. The van der Waals surface area contributed by atoms with E-state index in [9.17, 15) is 9.59 Å². The number of ether oxygens (including phenoxy) is 3. The van der Waals surface area contributed by atoms with Crippen molar-refractivity contribution in [2.24, 2.45) is 23.7 Å². The lowest BCUT2D eigenvalue weighted by Crippen LogP contribution is -2.41. The van der Waals surface area contributed by atoms with Gasteiger partial charge in [-0.25, -0.2) is 0 Å². The molecule has 1 fully saturated rings. The van der Waals surface area contributed by atoms with Gasteiger partial charge in [-0.3, -0.25) is 9.59 Å². The number of likely N-dealkylation sites (tertiary alicyclic amines) is 1. The molecule has 6 heteroatoms. The molecule has 0 amide bonds. The van der Waals surface area contributed by atoms with Crippen molar-refractivity contribution in [1.29, 1.82) is 0 Å². The molecule has 0 radical (unpaired) electrons. The fourth-order valence-electron chi connectivity index (χ4n) is 9.00. The highest BCUT2D eigenvalue weighted by molar-refractivity contribution is 5.72. The van der Waals surface area contributed by atoms with E-state index in [1.54, 1.807) is 7.11 Å². The van der Waals surface area contributed by atoms with Gasteiger partial charge in [-0.1, -0.05) is 156 Å². The molecule has 1 aliphatic rings. The van der Waals surface area contributed by atoms with Crippen LogP contribution in [0.25, 0.3) is 0 Å². The molecule has 0 aromatic heterocycles. The minimum Gasteiger partial charge on any atom is -0.465 e. The largest absolute Gasteiger partial charge is 0.465 e. The average molecular weight is 792 g/mol. The van der Waals surface area contributed by atoms with Crippen molar-refractivity contribution in [2.75, 3.05) is 46.6 Å². The summed E-state index contributed by atoms with van der Waals surface area (Å²) in [5.41, 5.74) is 0. The minimum absolute atomic E-state index is 0.0704. The Morgan fingerprint density at radius 2 is 0.821 bits per heavy atom. The SMILES string of the molecule is CCCCCCCCC(CCCCCC)C(=O)OCCCCC1CC(CCCCOC(=O)C(CCCCCC)CCCCCCCC)CN(CCCCOC)C1. The molecule has 6 nitrogen and oxygen atoms in total. The second-order valence-electron chi connectivity index (χ2n) is 18.0. The van der Waals surface area contributed by atoms with Crippen LogP contribution < -0.4 is 0 Å². The zero-order valence-corrected chi connectivity index (χ0v) is 38.4. The molecule has 0 saturated carbocycles. The van der Waals surface area contributed by atoms with Crippen LogP contribution in [0.3, 0.4) is 0 Å². The Labute approximate surface area is 349 Å². The van der Waals surface area contributed by atoms with Crippen LogP contribution in [0, 0.1) is 23.7 Å². The fraction of sp³-hybridized carbons (Fsp3) is 0.960. The van der Waals surface area contributed by atoms with Crippen molar-refractivity contribution in [3.05, 3.63) is 0 Å². The molecule has 1 saturated heterocycles. The zero-order valence-electron chi connectivity index (χ0n) is 38.4. The predicted octanol–water partition coefficient (Wildman–Crippen LogP) is 14.5. The Morgan fingerprint density at radius 3 is 1.21 bits per heavy atom. The van der Waals surface area contributed by atoms with Crippen LogP contribution >= 0.6 is 0 Å². The fourth-order valence-corrected chi connectivity index (χ4v) is 9.00. The standard InChI is InChI=1S/C50H97NO5/c1-6-10-14-18-20-24-36-47(34-22-16-12-8-3)49(52)55-40-29-26-32-45-42-46(44-51(43-45)38-28-31-39-54-5)33-27-30-41-56-50(53)48(35-23-17-13-9-4)37-25-21-19-15-11-7-2/h45-48H,6-44H2,1-5H3. The minimum atomic E-state index is 0.0704. The second-order valence-corrected chi connectivity index (χ2v) is 18.0. The quantitative estimate of drug-likeness (QED) is 0.0454. The number of hydrogen-bond donors (Lipinski definition) is 0. The molecule has 1 aliphatic heterocycles. The first-order valence-electron chi connectivity index (χ1n) is 25.0. The lowest BCUT2D eigenvalue weighted by atomic mass is 9.83. The predicted molar refractivity (Wildman–Crippen MR) is 239 cm³/mol. The van der Waals surface area contributed by atoms with Crippen molar-refractivity contribution in [3.63, 3.8) is 0 Å². The lowest BCUT2D eigenvalue weighted by Gasteiger charge is -2.38. The molecule has 0 bridgehead atoms. The van der Waals surface area contributed by atoms with Crippen LogP contribution in [0.15, 0.2) is 0 Å². The van der Waals surface area contributed by atoms with Gasteiger partial charge in [0.2, 0.25) is 0 Å². The number of nitrogens with zero attached hydrogens (tertiary/aromatic N) is 1. The zero-order chi connectivity index (χ0) is 40.7. The number of piperidine rings is 1. The summed E-state index contributed by atoms with van der Waals surface area (Å²) in [6.45, 7) is 14.6. The Balaban J connectivity index is 2.53. The highest BCUT2D eigenvalue weighted by Gasteiger charge is 2.27. The molecule has 1 rings (SSSR count). The van der Waals surface area contributed by atoms with Crippen molar-refractivity contribution >= 4 is 11.9 Å². The molecule has 0 aromatic carbocycles. The van der Waals surface area contributed by atoms with Crippen LogP contribution in [0.5, 0.6) is 0 Å². The summed E-state index contributed by atoms with van der Waals surface area (Å²) in [5, 5.41) is 0. The van der Waals surface area contributed by atoms with E-state index < -0.39 is 0 Å². The summed E-state index contributed by atoms with van der Waals surface area (Å²) in [5.74, 6) is 1.74. The van der Waals surface area contributed by atoms with Gasteiger partial charge >= 0.3 is 11.9 Å². The maximum atomic E-state index is 13.2. The van der Waals surface area contributed by atoms with Crippen molar-refractivity contribution in [3.8, 4) is 0 Å². The normalized spacial score (nSPS) is 17.2. The third kappa shape index (κ3) is 30.0. The van der Waals surface area contributed by atoms with E-state index in [4.69, 9.17) is 14.2 Å². The van der Waals surface area contributed by atoms with Crippen LogP contribution in [-0.2, 0) is 23.8 Å². The van der Waals surface area contributed by atoms with E-state index in [2.05, 4.69) is 32.6 Å². The number of carbonyl (C=O) groups is 2. The number of methoxy groups -OCH3 is 1. The molecule has 4 atom stereocenters. The molecule has 1 heterocycles. The van der Waals surface area contributed by atoms with Gasteiger partial charge in [-0.2, -0.15) is 0 Å². The number of hydrogen-bond acceptors (Lipinski definition) is 6. The van der Waals surface area contributed by atoms with E-state index in [1.165, 1.54) is 142 Å². The topological polar surface area (TPSA) is 65.1 Å². The highest BCUT2D eigenvalue weighted by atomic mass is 16.5. The average Bonchev–Trinajstić information content (AvgIpc) is 3.20. The molecule has 4 unspecified atom stereocenters. The van der Waals surface area contributed by atoms with Crippen molar-refractivity contribution in [1.82, 2.24) is 4.90 Å². The Kier molecular flexibility index (Phi) is 37.1. The summed E-state index contributed by atoms with van der Waals surface area (Å²) in [6, 6.07) is 0. The summed E-state index contributed by atoms with van der Waals surface area (Å²) in [7, 11) is 1.80. The third-order valence-electron chi connectivity index (χ3n) is 12.6. The van der Waals surface area contributed by atoms with Crippen LogP contribution in [0.4, 0.5) is 0 Å². The van der Waals surface area contributed by atoms with E-state index in [0.717, 1.165) is 96.6 Å². The first-order valence-corrected chi connectivity index (χ1v) is 25.0. The van der Waals surface area contributed by atoms with Crippen LogP contribution in [0.1, 0.15) is 240 Å². The first kappa shape index (κ1) is 52.9. The summed E-state index contributed by atoms with van der Waals surface area (Å²) in [6.07, 6.45) is 39.3. The molecular formula is C50H97NO5. The van der Waals surface area contributed by atoms with Gasteiger partial charge in [-0.05, 0) is 102 Å². The summed E-state index contributed by atoms with van der Waals surface area (Å²) < 4.78 is 17.2. The van der Waals surface area contributed by atoms with E-state index in [-0.39, 0.29) is 23.8 Å². The van der Waals surface area contributed by atoms with E-state index in [0.29, 0.717) is 25.0 Å². The van der Waals surface area contributed by atoms with E-state index >= 15 is 0 Å². The van der Waals surface area contributed by atoms with Crippen LogP contribution in [0.2, 0.25) is 0 Å². The molecule has 332 valence electrons. The van der Waals surface area contributed by atoms with Gasteiger partial charge in [0.1, 0.15) is 0 Å². The number of rotatable bonds is 41. The first-order chi connectivity index (χ1) is 27.5. The van der Waals surface area contributed by atoms with Gasteiger partial charge in [0, 0.05) is 26.8 Å². The maximum Gasteiger partial charge on any atom is 0.308 e.